The predicted molar refractivity (Wildman–Crippen MR) is 30.5 cm³/mol. The van der Waals surface area contributed by atoms with Gasteiger partial charge >= 0.3 is 0 Å². The van der Waals surface area contributed by atoms with E-state index in [9.17, 15) is 4.39 Å². The van der Waals surface area contributed by atoms with Crippen molar-refractivity contribution in [3.8, 4) is 0 Å². The molecule has 0 aliphatic rings. The second-order valence-corrected chi connectivity index (χ2v) is 1.83. The van der Waals surface area contributed by atoms with Crippen molar-refractivity contribution >= 4 is 34.8 Å². The molecule has 0 N–H and O–H groups in total. The van der Waals surface area contributed by atoms with Gasteiger partial charge in [-0.3, -0.25) is 0 Å². The molecule has 0 heterocycles. The standard InChI is InChI=1S/C3H2Cl3F/c4-1-2(5)3(6)7/h1,3H/b2-1-. The number of rotatable bonds is 1. The van der Waals surface area contributed by atoms with Crippen molar-refractivity contribution in [3.05, 3.63) is 10.6 Å². The highest BCUT2D eigenvalue weighted by Crippen LogP contribution is 2.15. The first-order valence-electron chi connectivity index (χ1n) is 1.42. The van der Waals surface area contributed by atoms with Crippen molar-refractivity contribution in [2.45, 2.75) is 5.63 Å². The van der Waals surface area contributed by atoms with Gasteiger partial charge in [-0.1, -0.05) is 34.8 Å². The van der Waals surface area contributed by atoms with Gasteiger partial charge in [0.1, 0.15) is 0 Å². The van der Waals surface area contributed by atoms with Gasteiger partial charge in [0.2, 0.25) is 5.63 Å². The number of hydrogen-bond acceptors (Lipinski definition) is 0. The van der Waals surface area contributed by atoms with Gasteiger partial charge in [0.15, 0.2) is 0 Å². The summed E-state index contributed by atoms with van der Waals surface area (Å²) in [5, 5.41) is -0.191. The maximum atomic E-state index is 11.6. The molecule has 0 spiro atoms. The Morgan fingerprint density at radius 2 is 2.14 bits per heavy atom. The number of alkyl halides is 2. The third-order valence-electron chi connectivity index (χ3n) is 0.313. The molecule has 7 heavy (non-hydrogen) atoms. The molecule has 0 aromatic carbocycles. The highest BCUT2D eigenvalue weighted by atomic mass is 35.5. The van der Waals surface area contributed by atoms with Crippen LogP contribution < -0.4 is 0 Å². The van der Waals surface area contributed by atoms with Crippen molar-refractivity contribution in [2.75, 3.05) is 0 Å². The van der Waals surface area contributed by atoms with E-state index in [1.807, 2.05) is 0 Å². The molecule has 0 bridgehead atoms. The first kappa shape index (κ1) is 7.54. The van der Waals surface area contributed by atoms with Crippen LogP contribution in [0.5, 0.6) is 0 Å². The molecule has 0 aliphatic carbocycles. The van der Waals surface area contributed by atoms with Crippen LogP contribution in [-0.4, -0.2) is 5.63 Å². The van der Waals surface area contributed by atoms with E-state index in [0.29, 0.717) is 0 Å². The Hall–Kier alpha value is 0.540. The second kappa shape index (κ2) is 3.53. The molecule has 4 heteroatoms. The number of halogens is 4. The Bertz CT molecular complexity index is 78.2. The van der Waals surface area contributed by atoms with Crippen molar-refractivity contribution in [1.82, 2.24) is 0 Å². The van der Waals surface area contributed by atoms with Gasteiger partial charge in [-0.05, 0) is 0 Å². The molecule has 0 aromatic rings. The van der Waals surface area contributed by atoms with Gasteiger partial charge in [-0.25, -0.2) is 4.39 Å². The van der Waals surface area contributed by atoms with Crippen LogP contribution in [0.1, 0.15) is 0 Å². The van der Waals surface area contributed by atoms with E-state index in [1.165, 1.54) is 0 Å². The Kier molecular flexibility index (Phi) is 3.80. The Balaban J connectivity index is 3.56. The maximum Gasteiger partial charge on any atom is 0.209 e. The zero-order valence-corrected chi connectivity index (χ0v) is 5.43. The van der Waals surface area contributed by atoms with E-state index in [2.05, 4.69) is 0 Å². The van der Waals surface area contributed by atoms with Crippen LogP contribution >= 0.6 is 34.8 Å². The molecule has 0 saturated carbocycles. The highest BCUT2D eigenvalue weighted by molar-refractivity contribution is 6.41. The third-order valence-corrected chi connectivity index (χ3v) is 1.31. The van der Waals surface area contributed by atoms with Crippen LogP contribution in [-0.2, 0) is 0 Å². The molecule has 0 amide bonds. The lowest BCUT2D eigenvalue weighted by atomic mass is 10.7. The molecular weight excluding hydrogens is 161 g/mol. The highest BCUT2D eigenvalue weighted by Gasteiger charge is 2.02. The van der Waals surface area contributed by atoms with Gasteiger partial charge in [0.25, 0.3) is 0 Å². The number of allylic oxidation sites excluding steroid dienone is 1. The lowest BCUT2D eigenvalue weighted by Crippen LogP contribution is -1.83. The Morgan fingerprint density at radius 1 is 1.71 bits per heavy atom. The van der Waals surface area contributed by atoms with Crippen LogP contribution in [0.3, 0.4) is 0 Å². The summed E-state index contributed by atoms with van der Waals surface area (Å²) in [4.78, 5) is 0. The fraction of sp³-hybridized carbons (Fsp3) is 0.333. The fourth-order valence-corrected chi connectivity index (χ4v) is 0.286. The minimum atomic E-state index is -1.67. The van der Waals surface area contributed by atoms with Crippen LogP contribution in [0.25, 0.3) is 0 Å². The van der Waals surface area contributed by atoms with Crippen molar-refractivity contribution in [1.29, 1.82) is 0 Å². The quantitative estimate of drug-likeness (QED) is 0.522. The summed E-state index contributed by atoms with van der Waals surface area (Å²) >= 11 is 14.7. The average molecular weight is 163 g/mol. The average Bonchev–Trinajstić information content (AvgIpc) is 1.65. The zero-order chi connectivity index (χ0) is 5.86. The molecule has 0 rings (SSSR count). The second-order valence-electron chi connectivity index (χ2n) is 0.795. The summed E-state index contributed by atoms with van der Waals surface area (Å²) in [6.07, 6.45) is 0. The lowest BCUT2D eigenvalue weighted by molar-refractivity contribution is 0.506. The van der Waals surface area contributed by atoms with E-state index < -0.39 is 5.63 Å². The first-order valence-corrected chi connectivity index (χ1v) is 2.67. The number of hydrogen-bond donors (Lipinski definition) is 0. The van der Waals surface area contributed by atoms with Crippen molar-refractivity contribution in [2.24, 2.45) is 0 Å². The van der Waals surface area contributed by atoms with Crippen LogP contribution in [0.2, 0.25) is 0 Å². The summed E-state index contributed by atoms with van der Waals surface area (Å²) in [5.41, 5.74) is -0.779. The van der Waals surface area contributed by atoms with Gasteiger partial charge in [-0.15, -0.1) is 0 Å². The summed E-state index contributed by atoms with van der Waals surface area (Å²) in [5.74, 6) is 0. The summed E-state index contributed by atoms with van der Waals surface area (Å²) < 4.78 is 11.6. The van der Waals surface area contributed by atoms with Crippen molar-refractivity contribution < 1.29 is 4.39 Å². The van der Waals surface area contributed by atoms with E-state index in [-0.39, 0.29) is 5.03 Å². The zero-order valence-electron chi connectivity index (χ0n) is 3.17. The third kappa shape index (κ3) is 3.15. The summed E-state index contributed by atoms with van der Waals surface area (Å²) in [6.45, 7) is 0. The van der Waals surface area contributed by atoms with E-state index in [4.69, 9.17) is 34.8 Å². The van der Waals surface area contributed by atoms with Gasteiger partial charge < -0.3 is 0 Å². The van der Waals surface area contributed by atoms with Crippen molar-refractivity contribution in [3.63, 3.8) is 0 Å². The monoisotopic (exact) mass is 162 g/mol. The molecule has 0 radical (unpaired) electrons. The molecule has 0 aromatic heterocycles. The van der Waals surface area contributed by atoms with Gasteiger partial charge in [0.05, 0.1) is 5.03 Å². The Labute approximate surface area is 55.9 Å². The molecule has 0 aliphatic heterocycles. The van der Waals surface area contributed by atoms with E-state index in [1.54, 1.807) is 0 Å². The van der Waals surface area contributed by atoms with Gasteiger partial charge in [-0.2, -0.15) is 0 Å². The van der Waals surface area contributed by atoms with Gasteiger partial charge in [0, 0.05) is 5.54 Å². The van der Waals surface area contributed by atoms with Crippen LogP contribution in [0.4, 0.5) is 4.39 Å². The van der Waals surface area contributed by atoms with Crippen LogP contribution in [0.15, 0.2) is 10.6 Å². The van der Waals surface area contributed by atoms with E-state index in [0.717, 1.165) is 5.54 Å². The largest absolute Gasteiger partial charge is 0.224 e. The fourth-order valence-electron chi connectivity index (χ4n) is 0.0476. The molecule has 1 atom stereocenters. The summed E-state index contributed by atoms with van der Waals surface area (Å²) in [7, 11) is 0. The molecule has 42 valence electrons. The SMILES string of the molecule is FC(Cl)/C(Cl)=C/Cl. The molecule has 0 fully saturated rings. The minimum Gasteiger partial charge on any atom is -0.224 e. The smallest absolute Gasteiger partial charge is 0.209 e. The Morgan fingerprint density at radius 3 is 2.14 bits per heavy atom. The van der Waals surface area contributed by atoms with Crippen LogP contribution in [0, 0.1) is 0 Å². The topological polar surface area (TPSA) is 0 Å². The minimum absolute atomic E-state index is 0.191. The molecule has 1 unspecified atom stereocenters. The normalized spacial score (nSPS) is 16.9. The molecule has 0 saturated heterocycles. The summed E-state index contributed by atoms with van der Waals surface area (Å²) in [6, 6.07) is 0. The molecular formula is C3H2Cl3F. The predicted octanol–water partition coefficient (Wildman–Crippen LogP) is 2.84. The van der Waals surface area contributed by atoms with E-state index >= 15 is 0 Å². The molecule has 0 nitrogen and oxygen atoms in total. The first-order chi connectivity index (χ1) is 3.18. The lowest BCUT2D eigenvalue weighted by Gasteiger charge is -1.89. The maximum absolute atomic E-state index is 11.6.